The first-order valence-corrected chi connectivity index (χ1v) is 3.20. The van der Waals surface area contributed by atoms with Crippen LogP contribution in [0.25, 0.3) is 0 Å². The molecule has 2 unspecified atom stereocenters. The first kappa shape index (κ1) is 10.1. The van der Waals surface area contributed by atoms with Crippen LogP contribution < -0.4 is 5.32 Å². The molecule has 1 heterocycles. The van der Waals surface area contributed by atoms with Crippen molar-refractivity contribution in [2.75, 3.05) is 6.54 Å². The van der Waals surface area contributed by atoms with E-state index < -0.39 is 0 Å². The standard InChI is InChI=1S/C7H13N.Y/c1-6-4-3-5-8-7(6)2;/h6-8H,1-5H2;/q-2;. The summed E-state index contributed by atoms with van der Waals surface area (Å²) >= 11 is 0. The molecule has 0 bridgehead atoms. The Labute approximate surface area is 82.9 Å². The van der Waals surface area contributed by atoms with Crippen LogP contribution >= 0.6 is 0 Å². The van der Waals surface area contributed by atoms with E-state index in [-0.39, 0.29) is 32.7 Å². The molecule has 0 aromatic rings. The van der Waals surface area contributed by atoms with E-state index in [0.29, 0.717) is 12.0 Å². The maximum Gasteiger partial charge on any atom is 0 e. The molecule has 9 heavy (non-hydrogen) atoms. The summed E-state index contributed by atoms with van der Waals surface area (Å²) in [6.07, 6.45) is 2.50. The van der Waals surface area contributed by atoms with E-state index in [1.165, 1.54) is 12.8 Å². The van der Waals surface area contributed by atoms with Crippen molar-refractivity contribution in [3.05, 3.63) is 13.8 Å². The number of rotatable bonds is 0. The van der Waals surface area contributed by atoms with Gasteiger partial charge in [0.15, 0.2) is 0 Å². The van der Waals surface area contributed by atoms with Crippen LogP contribution in [-0.4, -0.2) is 12.6 Å². The van der Waals surface area contributed by atoms with Crippen molar-refractivity contribution < 1.29 is 32.7 Å². The summed E-state index contributed by atoms with van der Waals surface area (Å²) in [6, 6.07) is 0.392. The van der Waals surface area contributed by atoms with Crippen molar-refractivity contribution in [1.29, 1.82) is 0 Å². The Morgan fingerprint density at radius 3 is 2.33 bits per heavy atom. The Bertz CT molecular complexity index is 65.3. The van der Waals surface area contributed by atoms with Crippen LogP contribution in [0.2, 0.25) is 0 Å². The topological polar surface area (TPSA) is 12.0 Å². The molecule has 2 heteroatoms. The van der Waals surface area contributed by atoms with Crippen LogP contribution in [0.15, 0.2) is 0 Å². The number of piperidine rings is 1. The van der Waals surface area contributed by atoms with Crippen LogP contribution in [0.5, 0.6) is 0 Å². The summed E-state index contributed by atoms with van der Waals surface area (Å²) in [5.41, 5.74) is 0. The van der Waals surface area contributed by atoms with Gasteiger partial charge in [-0.1, -0.05) is 6.42 Å². The molecule has 2 atom stereocenters. The van der Waals surface area contributed by atoms with Crippen molar-refractivity contribution in [2.45, 2.75) is 18.9 Å². The van der Waals surface area contributed by atoms with Crippen LogP contribution in [0.4, 0.5) is 0 Å². The molecule has 0 aromatic carbocycles. The summed E-state index contributed by atoms with van der Waals surface area (Å²) in [4.78, 5) is 0. The minimum atomic E-state index is 0. The summed E-state index contributed by atoms with van der Waals surface area (Å²) in [6.45, 7) is 8.98. The first-order valence-electron chi connectivity index (χ1n) is 3.20. The largest absolute Gasteiger partial charge is 0.346 e. The zero-order chi connectivity index (χ0) is 5.98. The van der Waals surface area contributed by atoms with Crippen molar-refractivity contribution >= 4 is 0 Å². The maximum absolute atomic E-state index is 3.95. The van der Waals surface area contributed by atoms with E-state index in [9.17, 15) is 0 Å². The second-order valence-corrected chi connectivity index (χ2v) is 2.46. The van der Waals surface area contributed by atoms with Gasteiger partial charge in [0, 0.05) is 32.7 Å². The molecule has 1 fully saturated rings. The molecule has 0 spiro atoms. The molecule has 0 saturated carbocycles. The van der Waals surface area contributed by atoms with E-state index in [1.54, 1.807) is 0 Å². The van der Waals surface area contributed by atoms with Crippen LogP contribution in [-0.2, 0) is 32.7 Å². The quantitative estimate of drug-likeness (QED) is 0.575. The normalized spacial score (nSPS) is 35.3. The maximum atomic E-state index is 3.95. The Kier molecular flexibility index (Phi) is 5.38. The molecule has 1 aliphatic heterocycles. The third-order valence-electron chi connectivity index (χ3n) is 1.73. The minimum Gasteiger partial charge on any atom is -0.346 e. The van der Waals surface area contributed by atoms with Crippen molar-refractivity contribution in [1.82, 2.24) is 5.32 Å². The Balaban J connectivity index is 0.000000640. The molecular weight excluding hydrogens is 187 g/mol. The first-order chi connectivity index (χ1) is 3.80. The van der Waals surface area contributed by atoms with Gasteiger partial charge in [0.2, 0.25) is 0 Å². The third kappa shape index (κ3) is 3.11. The van der Waals surface area contributed by atoms with Crippen LogP contribution in [0.3, 0.4) is 0 Å². The van der Waals surface area contributed by atoms with Gasteiger partial charge in [0.05, 0.1) is 0 Å². The van der Waals surface area contributed by atoms with Gasteiger partial charge in [-0.05, 0) is 13.0 Å². The van der Waals surface area contributed by atoms with E-state index in [2.05, 4.69) is 19.2 Å². The predicted octanol–water partition coefficient (Wildman–Crippen LogP) is 1.02. The molecule has 1 radical (unpaired) electrons. The molecule has 1 nitrogen and oxygen atoms in total. The third-order valence-corrected chi connectivity index (χ3v) is 1.73. The molecule has 0 amide bonds. The van der Waals surface area contributed by atoms with Crippen molar-refractivity contribution in [3.63, 3.8) is 0 Å². The average Bonchev–Trinajstić information content (AvgIpc) is 1.77. The van der Waals surface area contributed by atoms with Gasteiger partial charge in [-0.3, -0.25) is 0 Å². The van der Waals surface area contributed by atoms with E-state index in [1.807, 2.05) is 0 Å². The smallest absolute Gasteiger partial charge is 0 e. The van der Waals surface area contributed by atoms with E-state index in [0.717, 1.165) is 6.54 Å². The fourth-order valence-corrected chi connectivity index (χ4v) is 1.02. The number of hydrogen-bond acceptors (Lipinski definition) is 1. The monoisotopic (exact) mass is 200 g/mol. The van der Waals surface area contributed by atoms with Crippen LogP contribution in [0, 0.1) is 19.8 Å². The molecular formula is C7H13NY-2. The van der Waals surface area contributed by atoms with Gasteiger partial charge >= 0.3 is 0 Å². The summed E-state index contributed by atoms with van der Waals surface area (Å²) in [5.74, 6) is 0.531. The second-order valence-electron chi connectivity index (χ2n) is 2.46. The Morgan fingerprint density at radius 2 is 2.00 bits per heavy atom. The number of hydrogen-bond donors (Lipinski definition) is 1. The molecule has 1 saturated heterocycles. The summed E-state index contributed by atoms with van der Waals surface area (Å²) in [7, 11) is 0. The molecule has 51 valence electrons. The predicted molar refractivity (Wildman–Crippen MR) is 35.2 cm³/mol. The molecule has 1 aliphatic rings. The van der Waals surface area contributed by atoms with Gasteiger partial charge in [0.1, 0.15) is 0 Å². The van der Waals surface area contributed by atoms with E-state index >= 15 is 0 Å². The minimum absolute atomic E-state index is 0. The Morgan fingerprint density at radius 1 is 1.33 bits per heavy atom. The van der Waals surface area contributed by atoms with Crippen molar-refractivity contribution in [3.8, 4) is 0 Å². The summed E-state index contributed by atoms with van der Waals surface area (Å²) < 4.78 is 0. The molecule has 1 N–H and O–H groups in total. The fourth-order valence-electron chi connectivity index (χ4n) is 1.02. The SMILES string of the molecule is [CH2-]C1CCCNC1[CH2-].[Y]. The molecule has 0 aromatic heterocycles. The Hall–Kier alpha value is 1.06. The zero-order valence-corrected chi connectivity index (χ0v) is 8.61. The average molecular weight is 200 g/mol. The summed E-state index contributed by atoms with van der Waals surface area (Å²) in [5, 5.41) is 3.26. The van der Waals surface area contributed by atoms with Crippen LogP contribution in [0.1, 0.15) is 12.8 Å². The van der Waals surface area contributed by atoms with Gasteiger partial charge < -0.3 is 19.2 Å². The fraction of sp³-hybridized carbons (Fsp3) is 0.714. The van der Waals surface area contributed by atoms with Gasteiger partial charge in [-0.15, -0.1) is 6.04 Å². The van der Waals surface area contributed by atoms with Gasteiger partial charge in [0.25, 0.3) is 0 Å². The van der Waals surface area contributed by atoms with Gasteiger partial charge in [-0.2, -0.15) is 5.92 Å². The molecule has 0 aliphatic carbocycles. The zero-order valence-electron chi connectivity index (χ0n) is 5.77. The van der Waals surface area contributed by atoms with Crippen molar-refractivity contribution in [2.24, 2.45) is 5.92 Å². The van der Waals surface area contributed by atoms with E-state index in [4.69, 9.17) is 0 Å². The molecule has 1 rings (SSSR count). The second kappa shape index (κ2) is 4.81. The van der Waals surface area contributed by atoms with Gasteiger partial charge in [-0.25, -0.2) is 0 Å². The number of nitrogens with one attached hydrogen (secondary N) is 1.